The molecule has 1 aliphatic rings. The summed E-state index contributed by atoms with van der Waals surface area (Å²) in [4.78, 5) is 33.0. The van der Waals surface area contributed by atoms with Crippen LogP contribution in [0.3, 0.4) is 0 Å². The summed E-state index contributed by atoms with van der Waals surface area (Å²) >= 11 is 0. The van der Waals surface area contributed by atoms with Gasteiger partial charge in [-0.1, -0.05) is 18.2 Å². The van der Waals surface area contributed by atoms with Gasteiger partial charge in [-0.3, -0.25) is 23.8 Å². The number of carboxylic acid groups (broad SMARTS) is 1. The molecule has 4 N–H and O–H groups in total. The molecule has 2 unspecified atom stereocenters. The van der Waals surface area contributed by atoms with E-state index in [1.54, 1.807) is 66.9 Å². The lowest BCUT2D eigenvalue weighted by atomic mass is 10.1. The molecule has 1 amide bonds. The number of benzene rings is 2. The van der Waals surface area contributed by atoms with Gasteiger partial charge in [-0.25, -0.2) is 0 Å². The minimum absolute atomic E-state index is 0.338. The highest BCUT2D eigenvalue weighted by Gasteiger charge is 2.26. The lowest BCUT2D eigenvalue weighted by molar-refractivity contribution is -0.137. The quantitative estimate of drug-likeness (QED) is 0.392. The largest absolute Gasteiger partial charge is 0.481 e. The number of aliphatic imine (C=N–C) groups is 1. The summed E-state index contributed by atoms with van der Waals surface area (Å²) in [7, 11) is -1.75. The number of para-hydroxylation sites is 1. The highest BCUT2D eigenvalue weighted by Crippen LogP contribution is 2.32. The van der Waals surface area contributed by atoms with Gasteiger partial charge < -0.3 is 21.1 Å². The molecule has 0 radical (unpaired) electrons. The van der Waals surface area contributed by atoms with Crippen molar-refractivity contribution in [2.45, 2.75) is 16.6 Å². The molecule has 9 nitrogen and oxygen atoms in total. The number of rotatable bonds is 8. The number of nitrogens with zero attached hydrogens (tertiary/aromatic N) is 2. The Morgan fingerprint density at radius 1 is 1.09 bits per heavy atom. The molecule has 1 aliphatic heterocycles. The maximum absolute atomic E-state index is 13.5. The first kappa shape index (κ1) is 23.1. The number of aromatic nitrogens is 1. The molecule has 0 fully saturated rings. The summed E-state index contributed by atoms with van der Waals surface area (Å²) in [6, 6.07) is 16.9. The molecule has 0 saturated heterocycles. The molecule has 174 valence electrons. The van der Waals surface area contributed by atoms with Gasteiger partial charge in [0, 0.05) is 30.2 Å². The monoisotopic (exact) mass is 477 g/mol. The number of nitrogens with one attached hydrogen (secondary N) is 3. The fourth-order valence-electron chi connectivity index (χ4n) is 3.46. The van der Waals surface area contributed by atoms with Crippen molar-refractivity contribution >= 4 is 40.0 Å². The normalized spacial score (nSPS) is 14.4. The first-order chi connectivity index (χ1) is 16.5. The van der Waals surface area contributed by atoms with E-state index in [-0.39, 0.29) is 12.3 Å². The Morgan fingerprint density at radius 2 is 1.88 bits per heavy atom. The molecule has 0 saturated carbocycles. The molecular formula is C24H23N5O4S. The average molecular weight is 478 g/mol. The molecule has 10 heteroatoms. The van der Waals surface area contributed by atoms with Crippen LogP contribution in [0.4, 0.5) is 11.4 Å². The summed E-state index contributed by atoms with van der Waals surface area (Å²) in [6.45, 7) is 1.51. The number of anilines is 2. The molecule has 0 aliphatic carbocycles. The van der Waals surface area contributed by atoms with Crippen LogP contribution in [0, 0.1) is 0 Å². The summed E-state index contributed by atoms with van der Waals surface area (Å²) in [5.74, 6) is -0.752. The van der Waals surface area contributed by atoms with Crippen LogP contribution >= 0.6 is 0 Å². The van der Waals surface area contributed by atoms with Gasteiger partial charge in [-0.15, -0.1) is 0 Å². The number of carbonyl (C=O) groups is 2. The van der Waals surface area contributed by atoms with Gasteiger partial charge in [0.1, 0.15) is 0 Å². The van der Waals surface area contributed by atoms with Crippen LogP contribution in [0.2, 0.25) is 0 Å². The lowest BCUT2D eigenvalue weighted by Gasteiger charge is -2.18. The van der Waals surface area contributed by atoms with Crippen molar-refractivity contribution in [3.8, 4) is 0 Å². The minimum atomic E-state index is -1.75. The van der Waals surface area contributed by atoms with E-state index < -0.39 is 22.0 Å². The van der Waals surface area contributed by atoms with Crippen molar-refractivity contribution < 1.29 is 18.9 Å². The smallest absolute Gasteiger partial charge is 0.304 e. The van der Waals surface area contributed by atoms with E-state index in [1.165, 1.54) is 6.20 Å². The average Bonchev–Trinajstić information content (AvgIpc) is 3.36. The van der Waals surface area contributed by atoms with Crippen molar-refractivity contribution in [3.05, 3.63) is 84.2 Å². The second kappa shape index (κ2) is 10.7. The maximum Gasteiger partial charge on any atom is 0.304 e. The van der Waals surface area contributed by atoms with Crippen molar-refractivity contribution in [2.24, 2.45) is 4.99 Å². The molecule has 2 aromatic carbocycles. The minimum Gasteiger partial charge on any atom is -0.481 e. The van der Waals surface area contributed by atoms with Gasteiger partial charge in [0.05, 0.1) is 39.6 Å². The van der Waals surface area contributed by atoms with Gasteiger partial charge in [-0.05, 0) is 48.0 Å². The zero-order valence-electron chi connectivity index (χ0n) is 18.1. The molecule has 34 heavy (non-hydrogen) atoms. The van der Waals surface area contributed by atoms with Crippen molar-refractivity contribution in [3.63, 3.8) is 0 Å². The van der Waals surface area contributed by atoms with E-state index >= 15 is 0 Å². The first-order valence-corrected chi connectivity index (χ1v) is 11.8. The van der Waals surface area contributed by atoms with Crippen molar-refractivity contribution in [1.29, 1.82) is 0 Å². The zero-order valence-corrected chi connectivity index (χ0v) is 18.9. The van der Waals surface area contributed by atoms with Crippen LogP contribution in [0.5, 0.6) is 0 Å². The number of hydrogen-bond donors (Lipinski definition) is 4. The van der Waals surface area contributed by atoms with Gasteiger partial charge in [0.2, 0.25) is 0 Å². The highest BCUT2D eigenvalue weighted by molar-refractivity contribution is 7.85. The van der Waals surface area contributed by atoms with Crippen LogP contribution < -0.4 is 16.0 Å². The molecule has 0 bridgehead atoms. The van der Waals surface area contributed by atoms with Crippen LogP contribution in [0.25, 0.3) is 0 Å². The van der Waals surface area contributed by atoms with Gasteiger partial charge >= 0.3 is 5.97 Å². The van der Waals surface area contributed by atoms with Gasteiger partial charge in [0.15, 0.2) is 5.96 Å². The maximum atomic E-state index is 13.5. The first-order valence-electron chi connectivity index (χ1n) is 10.6. The zero-order chi connectivity index (χ0) is 23.9. The highest BCUT2D eigenvalue weighted by atomic mass is 32.2. The molecular weight excluding hydrogens is 454 g/mol. The van der Waals surface area contributed by atoms with Crippen LogP contribution in [-0.2, 0) is 15.6 Å². The summed E-state index contributed by atoms with van der Waals surface area (Å²) in [6.07, 6.45) is 2.74. The second-order valence-electron chi connectivity index (χ2n) is 7.48. The van der Waals surface area contributed by atoms with Crippen molar-refractivity contribution in [1.82, 2.24) is 10.3 Å². The van der Waals surface area contributed by atoms with E-state index in [0.29, 0.717) is 27.7 Å². The van der Waals surface area contributed by atoms with E-state index in [4.69, 9.17) is 0 Å². The summed E-state index contributed by atoms with van der Waals surface area (Å²) in [5, 5.41) is 17.6. The molecule has 2 atom stereocenters. The Labute approximate surface area is 198 Å². The van der Waals surface area contributed by atoms with E-state index in [2.05, 4.69) is 25.9 Å². The Kier molecular flexibility index (Phi) is 7.28. The number of guanidine groups is 1. The molecule has 0 spiro atoms. The Bertz CT molecular complexity index is 1230. The lowest BCUT2D eigenvalue weighted by Crippen LogP contribution is -2.26. The van der Waals surface area contributed by atoms with Gasteiger partial charge in [-0.2, -0.15) is 0 Å². The molecule has 1 aromatic heterocycles. The van der Waals surface area contributed by atoms with E-state index in [9.17, 15) is 18.9 Å². The van der Waals surface area contributed by atoms with Crippen molar-refractivity contribution in [2.75, 3.05) is 23.7 Å². The Hall–Kier alpha value is -4.05. The van der Waals surface area contributed by atoms with E-state index in [0.717, 1.165) is 18.8 Å². The fourth-order valence-corrected chi connectivity index (χ4v) is 4.99. The predicted molar refractivity (Wildman–Crippen MR) is 130 cm³/mol. The van der Waals surface area contributed by atoms with Crippen LogP contribution in [-0.4, -0.2) is 45.2 Å². The molecule has 3 aromatic rings. The third-order valence-electron chi connectivity index (χ3n) is 5.11. The van der Waals surface area contributed by atoms with E-state index in [1.807, 2.05) is 0 Å². The van der Waals surface area contributed by atoms with Gasteiger partial charge in [0.25, 0.3) is 5.91 Å². The Balaban J connectivity index is 1.53. The number of amides is 1. The number of carboxylic acids is 1. The number of aliphatic carboxylic acids is 1. The second-order valence-corrected chi connectivity index (χ2v) is 9.08. The van der Waals surface area contributed by atoms with Crippen LogP contribution in [0.1, 0.15) is 27.6 Å². The SMILES string of the molecule is O=C(O)CC(c1cccnc1)S(=O)c1ccccc1NC(=O)c1ccc(NC2=NCCN2)cc1. The third kappa shape index (κ3) is 5.65. The fraction of sp³-hybridized carbons (Fsp3) is 0.167. The number of pyridine rings is 1. The van der Waals surface area contributed by atoms with Crippen LogP contribution in [0.15, 0.2) is 82.9 Å². The standard InChI is InChI=1S/C24H23N5O4S/c30-22(31)14-21(17-4-3-11-25-15-17)34(33)20-6-2-1-5-19(20)29-23(32)16-7-9-18(10-8-16)28-24-26-12-13-27-24/h1-11,15,21H,12-14H2,(H,29,32)(H,30,31)(H2,26,27,28). The summed E-state index contributed by atoms with van der Waals surface area (Å²) in [5.41, 5.74) is 2.12. The third-order valence-corrected chi connectivity index (χ3v) is 6.86. The topological polar surface area (TPSA) is 133 Å². The number of carbonyl (C=O) groups excluding carboxylic acids is 1. The molecule has 2 heterocycles. The molecule has 4 rings (SSSR count). The predicted octanol–water partition coefficient (Wildman–Crippen LogP) is 3.03. The Morgan fingerprint density at radius 3 is 2.56 bits per heavy atom. The summed E-state index contributed by atoms with van der Waals surface area (Å²) < 4.78 is 13.5. The number of hydrogen-bond acceptors (Lipinski definition) is 7.